The Balaban J connectivity index is 1.83. The van der Waals surface area contributed by atoms with Gasteiger partial charge in [-0.05, 0) is 43.2 Å². The Morgan fingerprint density at radius 3 is 2.58 bits per heavy atom. The van der Waals surface area contributed by atoms with Gasteiger partial charge in [0.2, 0.25) is 0 Å². The van der Waals surface area contributed by atoms with Crippen molar-refractivity contribution in [1.82, 2.24) is 9.78 Å². The zero-order valence-corrected chi connectivity index (χ0v) is 15.4. The van der Waals surface area contributed by atoms with Crippen LogP contribution in [-0.2, 0) is 13.7 Å². The molecule has 0 fully saturated rings. The predicted octanol–water partition coefficient (Wildman–Crippen LogP) is 4.84. The fourth-order valence-corrected chi connectivity index (χ4v) is 2.89. The van der Waals surface area contributed by atoms with Crippen molar-refractivity contribution in [3.63, 3.8) is 0 Å². The highest BCUT2D eigenvalue weighted by Crippen LogP contribution is 2.29. The summed E-state index contributed by atoms with van der Waals surface area (Å²) in [5.41, 5.74) is 4.11. The second-order valence-electron chi connectivity index (χ2n) is 6.07. The zero-order chi connectivity index (χ0) is 18.8. The minimum absolute atomic E-state index is 0.0717. The van der Waals surface area contributed by atoms with Crippen LogP contribution in [0.4, 0.5) is 5.69 Å². The summed E-state index contributed by atoms with van der Waals surface area (Å²) in [5, 5.41) is 16.1. The molecule has 7 heteroatoms. The minimum Gasteiger partial charge on any atom is -0.488 e. The molecule has 0 bridgehead atoms. The van der Waals surface area contributed by atoms with Crippen LogP contribution in [0.5, 0.6) is 5.75 Å². The number of benzene rings is 2. The first kappa shape index (κ1) is 17.9. The van der Waals surface area contributed by atoms with E-state index in [0.29, 0.717) is 16.5 Å². The molecule has 0 unspecified atom stereocenters. The minimum atomic E-state index is -0.382. The second-order valence-corrected chi connectivity index (χ2v) is 6.46. The van der Waals surface area contributed by atoms with Crippen LogP contribution in [-0.4, -0.2) is 14.7 Å². The van der Waals surface area contributed by atoms with Crippen molar-refractivity contribution in [2.45, 2.75) is 20.5 Å². The molecule has 0 spiro atoms. The molecule has 3 aromatic rings. The lowest BCUT2D eigenvalue weighted by Crippen LogP contribution is -2.03. The number of aryl methyl sites for hydroxylation is 3. The summed E-state index contributed by atoms with van der Waals surface area (Å²) in [7, 11) is 1.78. The van der Waals surface area contributed by atoms with Gasteiger partial charge in [0.1, 0.15) is 17.5 Å². The van der Waals surface area contributed by atoms with Gasteiger partial charge in [0.05, 0.1) is 16.2 Å². The molecule has 0 amide bonds. The number of nitrogens with zero attached hydrogens (tertiary/aromatic N) is 3. The first-order chi connectivity index (χ1) is 12.4. The number of rotatable bonds is 5. The van der Waals surface area contributed by atoms with Gasteiger partial charge in [0, 0.05) is 24.7 Å². The smallest absolute Gasteiger partial charge is 0.276 e. The summed E-state index contributed by atoms with van der Waals surface area (Å²) < 4.78 is 7.46. The van der Waals surface area contributed by atoms with Gasteiger partial charge in [-0.15, -0.1) is 0 Å². The maximum Gasteiger partial charge on any atom is 0.276 e. The monoisotopic (exact) mass is 371 g/mol. The Morgan fingerprint density at radius 1 is 1.19 bits per heavy atom. The maximum atomic E-state index is 11.2. The fourth-order valence-electron chi connectivity index (χ4n) is 2.75. The quantitative estimate of drug-likeness (QED) is 0.475. The van der Waals surface area contributed by atoms with Crippen LogP contribution < -0.4 is 4.74 Å². The zero-order valence-electron chi connectivity index (χ0n) is 14.7. The Hall–Kier alpha value is -2.86. The summed E-state index contributed by atoms with van der Waals surface area (Å²) in [6, 6.07) is 12.5. The molecule has 134 valence electrons. The first-order valence-corrected chi connectivity index (χ1v) is 8.41. The average molecular weight is 372 g/mol. The molecule has 0 radical (unpaired) electrons. The summed E-state index contributed by atoms with van der Waals surface area (Å²) in [6.45, 7) is 3.90. The van der Waals surface area contributed by atoms with Crippen LogP contribution in [0.15, 0.2) is 42.5 Å². The number of nitro groups is 1. The number of halogens is 1. The Morgan fingerprint density at radius 2 is 1.96 bits per heavy atom. The molecule has 2 aromatic carbocycles. The number of hydrogen-bond acceptors (Lipinski definition) is 4. The van der Waals surface area contributed by atoms with Crippen molar-refractivity contribution < 1.29 is 9.66 Å². The van der Waals surface area contributed by atoms with E-state index < -0.39 is 0 Å². The van der Waals surface area contributed by atoms with Crippen LogP contribution in [0.1, 0.15) is 16.7 Å². The van der Waals surface area contributed by atoms with Crippen molar-refractivity contribution in [3.05, 3.63) is 74.4 Å². The first-order valence-electron chi connectivity index (χ1n) is 8.03. The highest BCUT2D eigenvalue weighted by Gasteiger charge is 2.16. The van der Waals surface area contributed by atoms with E-state index in [1.165, 1.54) is 6.07 Å². The molecule has 1 heterocycles. The van der Waals surface area contributed by atoms with E-state index in [0.717, 1.165) is 22.4 Å². The fraction of sp³-hybridized carbons (Fsp3) is 0.211. The third-order valence-electron chi connectivity index (χ3n) is 4.25. The van der Waals surface area contributed by atoms with Gasteiger partial charge in [0.15, 0.2) is 0 Å². The SMILES string of the molecule is Cc1cc(-c2cc(Cl)n(C)n2)ccc1OCc1c(C)cccc1[N+](=O)[O-]. The highest BCUT2D eigenvalue weighted by atomic mass is 35.5. The normalized spacial score (nSPS) is 10.8. The van der Waals surface area contributed by atoms with Gasteiger partial charge in [0.25, 0.3) is 5.69 Å². The third kappa shape index (κ3) is 3.55. The molecule has 6 nitrogen and oxygen atoms in total. The maximum absolute atomic E-state index is 11.2. The lowest BCUT2D eigenvalue weighted by Gasteiger charge is -2.12. The van der Waals surface area contributed by atoms with Crippen LogP contribution >= 0.6 is 11.6 Å². The molecular weight excluding hydrogens is 354 g/mol. The molecule has 0 saturated heterocycles. The van der Waals surface area contributed by atoms with Gasteiger partial charge >= 0.3 is 0 Å². The Labute approximate surface area is 156 Å². The van der Waals surface area contributed by atoms with Crippen LogP contribution in [0.3, 0.4) is 0 Å². The summed E-state index contributed by atoms with van der Waals surface area (Å²) in [4.78, 5) is 10.8. The van der Waals surface area contributed by atoms with E-state index in [9.17, 15) is 10.1 Å². The molecule has 0 aliphatic rings. The summed E-state index contributed by atoms with van der Waals surface area (Å²) >= 11 is 6.04. The Kier molecular flexibility index (Phi) is 4.95. The second kappa shape index (κ2) is 7.17. The van der Waals surface area contributed by atoms with Crippen LogP contribution in [0.25, 0.3) is 11.3 Å². The predicted molar refractivity (Wildman–Crippen MR) is 101 cm³/mol. The molecule has 26 heavy (non-hydrogen) atoms. The molecule has 0 N–H and O–H groups in total. The van der Waals surface area contributed by atoms with Gasteiger partial charge in [-0.2, -0.15) is 5.10 Å². The molecule has 3 rings (SSSR count). The van der Waals surface area contributed by atoms with E-state index in [2.05, 4.69) is 5.10 Å². The molecular formula is C19H18ClN3O3. The summed E-state index contributed by atoms with van der Waals surface area (Å²) in [6.07, 6.45) is 0. The largest absolute Gasteiger partial charge is 0.488 e. The molecule has 1 aromatic heterocycles. The van der Waals surface area contributed by atoms with Gasteiger partial charge in [-0.1, -0.05) is 23.7 Å². The summed E-state index contributed by atoms with van der Waals surface area (Å²) in [5.74, 6) is 0.674. The average Bonchev–Trinajstić information content (AvgIpc) is 2.93. The standard InChI is InChI=1S/C19H18ClN3O3/c1-12-5-4-6-17(23(24)25)15(12)11-26-18-8-7-14(9-13(18)2)16-10-19(20)22(3)21-16/h4-10H,11H2,1-3H3. The molecule has 0 saturated carbocycles. The lowest BCUT2D eigenvalue weighted by atomic mass is 10.1. The molecule has 0 atom stereocenters. The van der Waals surface area contributed by atoms with Gasteiger partial charge < -0.3 is 4.74 Å². The third-order valence-corrected chi connectivity index (χ3v) is 4.60. The van der Waals surface area contributed by atoms with Crippen molar-refractivity contribution in [2.75, 3.05) is 0 Å². The highest BCUT2D eigenvalue weighted by molar-refractivity contribution is 6.29. The lowest BCUT2D eigenvalue weighted by molar-refractivity contribution is -0.385. The molecule has 0 aliphatic carbocycles. The van der Waals surface area contributed by atoms with E-state index in [1.54, 1.807) is 23.9 Å². The van der Waals surface area contributed by atoms with E-state index in [1.807, 2.05) is 38.1 Å². The van der Waals surface area contributed by atoms with E-state index >= 15 is 0 Å². The van der Waals surface area contributed by atoms with E-state index in [4.69, 9.17) is 16.3 Å². The number of aromatic nitrogens is 2. The van der Waals surface area contributed by atoms with E-state index in [-0.39, 0.29) is 17.2 Å². The topological polar surface area (TPSA) is 70.2 Å². The number of nitro benzene ring substituents is 1. The number of ether oxygens (including phenoxy) is 1. The van der Waals surface area contributed by atoms with Crippen LogP contribution in [0, 0.1) is 24.0 Å². The van der Waals surface area contributed by atoms with Crippen molar-refractivity contribution in [3.8, 4) is 17.0 Å². The molecule has 0 aliphatic heterocycles. The van der Waals surface area contributed by atoms with Gasteiger partial charge in [-0.3, -0.25) is 14.8 Å². The Bertz CT molecular complexity index is 963. The van der Waals surface area contributed by atoms with Crippen molar-refractivity contribution in [1.29, 1.82) is 0 Å². The van der Waals surface area contributed by atoms with Crippen molar-refractivity contribution >= 4 is 17.3 Å². The van der Waals surface area contributed by atoms with Crippen molar-refractivity contribution in [2.24, 2.45) is 7.05 Å². The van der Waals surface area contributed by atoms with Gasteiger partial charge in [-0.25, -0.2) is 0 Å². The van der Waals surface area contributed by atoms with Crippen LogP contribution in [0.2, 0.25) is 5.15 Å². The number of hydrogen-bond donors (Lipinski definition) is 0.